The number of aromatic hydroxyl groups is 1. The fourth-order valence-corrected chi connectivity index (χ4v) is 1.48. The fraction of sp³-hybridized carbons (Fsp3) is 0. The van der Waals surface area contributed by atoms with Crippen LogP contribution in [0, 0.1) is 24.0 Å². The lowest BCUT2D eigenvalue weighted by Crippen LogP contribution is -1.89. The highest BCUT2D eigenvalue weighted by Gasteiger charge is 2.11. The summed E-state index contributed by atoms with van der Waals surface area (Å²) >= 11 is 0. The summed E-state index contributed by atoms with van der Waals surface area (Å²) in [6, 6.07) is 4.88. The van der Waals surface area contributed by atoms with E-state index in [2.05, 4.69) is 5.92 Å². The van der Waals surface area contributed by atoms with Gasteiger partial charge in [0.05, 0.1) is 5.56 Å². The molecule has 0 aliphatic heterocycles. The summed E-state index contributed by atoms with van der Waals surface area (Å²) in [5.41, 5.74) is 0.00593. The second-order valence-electron chi connectivity index (χ2n) is 3.06. The van der Waals surface area contributed by atoms with Gasteiger partial charge >= 0.3 is 0 Å². The summed E-state index contributed by atoms with van der Waals surface area (Å²) in [5, 5.41) is 9.53. The zero-order chi connectivity index (χ0) is 11.0. The second kappa shape index (κ2) is 3.25. The molecular weight excluding hydrogens is 198 g/mol. The van der Waals surface area contributed by atoms with Crippen molar-refractivity contribution in [2.45, 2.75) is 0 Å². The maximum atomic E-state index is 13.4. The van der Waals surface area contributed by atoms with Crippen molar-refractivity contribution in [3.63, 3.8) is 0 Å². The molecule has 0 spiro atoms. The monoisotopic (exact) mass is 204 g/mol. The van der Waals surface area contributed by atoms with Gasteiger partial charge in [0.15, 0.2) is 11.6 Å². The van der Waals surface area contributed by atoms with Crippen molar-refractivity contribution >= 4 is 10.8 Å². The molecule has 2 aromatic carbocycles. The summed E-state index contributed by atoms with van der Waals surface area (Å²) in [6.45, 7) is 0. The van der Waals surface area contributed by atoms with E-state index in [1.807, 2.05) is 0 Å². The van der Waals surface area contributed by atoms with Gasteiger partial charge in [-0.3, -0.25) is 0 Å². The van der Waals surface area contributed by atoms with Crippen molar-refractivity contribution in [1.82, 2.24) is 0 Å². The molecule has 0 unspecified atom stereocenters. The number of phenols is 1. The van der Waals surface area contributed by atoms with Gasteiger partial charge in [0.2, 0.25) is 0 Å². The zero-order valence-electron chi connectivity index (χ0n) is 7.59. The van der Waals surface area contributed by atoms with Crippen molar-refractivity contribution in [3.8, 4) is 18.1 Å². The van der Waals surface area contributed by atoms with Crippen LogP contribution in [0.4, 0.5) is 8.78 Å². The van der Waals surface area contributed by atoms with Crippen molar-refractivity contribution < 1.29 is 13.9 Å². The molecule has 0 aromatic heterocycles. The number of hydrogen-bond donors (Lipinski definition) is 1. The number of halogens is 2. The standard InChI is InChI=1S/C12H6F2O/c1-2-7-8-4-6-11(15)12(14)9(8)3-5-10(7)13/h1,3-6,15H. The lowest BCUT2D eigenvalue weighted by atomic mass is 10.0. The van der Waals surface area contributed by atoms with Gasteiger partial charge < -0.3 is 5.11 Å². The van der Waals surface area contributed by atoms with Gasteiger partial charge in [-0.1, -0.05) is 5.92 Å². The van der Waals surface area contributed by atoms with Gasteiger partial charge in [-0.15, -0.1) is 6.42 Å². The number of fused-ring (bicyclic) bond motifs is 1. The minimum atomic E-state index is -0.788. The van der Waals surface area contributed by atoms with E-state index in [1.54, 1.807) is 0 Å². The molecule has 1 nitrogen and oxygen atoms in total. The van der Waals surface area contributed by atoms with Gasteiger partial charge in [0.1, 0.15) is 5.82 Å². The predicted octanol–water partition coefficient (Wildman–Crippen LogP) is 2.80. The Hall–Kier alpha value is -2.08. The number of rotatable bonds is 0. The van der Waals surface area contributed by atoms with E-state index in [4.69, 9.17) is 11.5 Å². The van der Waals surface area contributed by atoms with Crippen LogP contribution in [0.3, 0.4) is 0 Å². The summed E-state index contributed by atoms with van der Waals surface area (Å²) in [6.07, 6.45) is 5.13. The minimum Gasteiger partial charge on any atom is -0.505 e. The van der Waals surface area contributed by atoms with Crippen molar-refractivity contribution in [3.05, 3.63) is 41.5 Å². The lowest BCUT2D eigenvalue weighted by Gasteiger charge is -2.04. The first-order valence-corrected chi connectivity index (χ1v) is 4.21. The molecule has 2 rings (SSSR count). The summed E-state index contributed by atoms with van der Waals surface area (Å²) < 4.78 is 26.6. The molecule has 15 heavy (non-hydrogen) atoms. The Morgan fingerprint density at radius 3 is 2.40 bits per heavy atom. The highest BCUT2D eigenvalue weighted by atomic mass is 19.1. The topological polar surface area (TPSA) is 20.2 Å². The molecule has 0 amide bonds. The molecule has 1 N–H and O–H groups in total. The zero-order valence-corrected chi connectivity index (χ0v) is 7.59. The quantitative estimate of drug-likeness (QED) is 0.654. The van der Waals surface area contributed by atoms with Crippen LogP contribution in [0.25, 0.3) is 10.8 Å². The normalized spacial score (nSPS) is 10.2. The average Bonchev–Trinajstić information content (AvgIpc) is 2.23. The van der Waals surface area contributed by atoms with Crippen molar-refractivity contribution in [2.75, 3.05) is 0 Å². The molecule has 0 radical (unpaired) electrons. The fourth-order valence-electron chi connectivity index (χ4n) is 1.48. The largest absolute Gasteiger partial charge is 0.505 e. The Morgan fingerprint density at radius 1 is 1.07 bits per heavy atom. The molecule has 74 valence electrons. The smallest absolute Gasteiger partial charge is 0.172 e. The maximum Gasteiger partial charge on any atom is 0.172 e. The first kappa shape index (κ1) is 9.47. The highest BCUT2D eigenvalue weighted by molar-refractivity contribution is 5.89. The predicted molar refractivity (Wildman–Crippen MR) is 53.5 cm³/mol. The van der Waals surface area contributed by atoms with Gasteiger partial charge in [0, 0.05) is 10.8 Å². The first-order chi connectivity index (χ1) is 7.15. The summed E-state index contributed by atoms with van der Waals surface area (Å²) in [5.74, 6) is 0.325. The molecule has 0 saturated heterocycles. The molecule has 0 fully saturated rings. The molecule has 0 aliphatic carbocycles. The Bertz CT molecular complexity index is 582. The van der Waals surface area contributed by atoms with E-state index < -0.39 is 17.4 Å². The van der Waals surface area contributed by atoms with Crippen LogP contribution < -0.4 is 0 Å². The van der Waals surface area contributed by atoms with Crippen LogP contribution in [0.15, 0.2) is 24.3 Å². The van der Waals surface area contributed by atoms with Crippen molar-refractivity contribution in [1.29, 1.82) is 0 Å². The van der Waals surface area contributed by atoms with E-state index in [-0.39, 0.29) is 16.3 Å². The van der Waals surface area contributed by atoms with Crippen LogP contribution >= 0.6 is 0 Å². The lowest BCUT2D eigenvalue weighted by molar-refractivity contribution is 0.436. The molecule has 0 aliphatic rings. The Morgan fingerprint density at radius 2 is 1.73 bits per heavy atom. The Labute approximate surface area is 85.0 Å². The maximum absolute atomic E-state index is 13.4. The van der Waals surface area contributed by atoms with Gasteiger partial charge in [-0.05, 0) is 24.3 Å². The number of benzene rings is 2. The second-order valence-corrected chi connectivity index (χ2v) is 3.06. The molecular formula is C12H6F2O. The highest BCUT2D eigenvalue weighted by Crippen LogP contribution is 2.28. The third kappa shape index (κ3) is 1.31. The van der Waals surface area contributed by atoms with Gasteiger partial charge in [-0.25, -0.2) is 8.78 Å². The summed E-state index contributed by atoms with van der Waals surface area (Å²) in [4.78, 5) is 0. The number of terminal acetylenes is 1. The van der Waals surface area contributed by atoms with E-state index in [1.165, 1.54) is 12.1 Å². The number of phenolic OH excluding ortho intramolecular Hbond substituents is 1. The molecule has 0 heterocycles. The average molecular weight is 204 g/mol. The molecule has 0 bridgehead atoms. The van der Waals surface area contributed by atoms with E-state index in [0.717, 1.165) is 12.1 Å². The van der Waals surface area contributed by atoms with Gasteiger partial charge in [0.25, 0.3) is 0 Å². The van der Waals surface area contributed by atoms with Crippen LogP contribution in [0.1, 0.15) is 5.56 Å². The van der Waals surface area contributed by atoms with Crippen molar-refractivity contribution in [2.24, 2.45) is 0 Å². The van der Waals surface area contributed by atoms with E-state index in [9.17, 15) is 8.78 Å². The van der Waals surface area contributed by atoms with Crippen LogP contribution in [0.5, 0.6) is 5.75 Å². The molecule has 2 aromatic rings. The molecule has 0 saturated carbocycles. The van der Waals surface area contributed by atoms with Crippen LogP contribution in [-0.2, 0) is 0 Å². The third-order valence-electron chi connectivity index (χ3n) is 2.21. The molecule has 0 atom stereocenters. The number of hydrogen-bond acceptors (Lipinski definition) is 1. The third-order valence-corrected chi connectivity index (χ3v) is 2.21. The van der Waals surface area contributed by atoms with E-state index in [0.29, 0.717) is 0 Å². The SMILES string of the molecule is C#Cc1c(F)ccc2c(F)c(O)ccc12. The first-order valence-electron chi connectivity index (χ1n) is 4.21. The minimum absolute atomic E-state index is 0.00593. The Kier molecular flexibility index (Phi) is 2.05. The van der Waals surface area contributed by atoms with Gasteiger partial charge in [-0.2, -0.15) is 0 Å². The van der Waals surface area contributed by atoms with Crippen LogP contribution in [-0.4, -0.2) is 5.11 Å². The van der Waals surface area contributed by atoms with Crippen LogP contribution in [0.2, 0.25) is 0 Å². The Balaban J connectivity index is 2.98. The molecule has 3 heteroatoms. The summed E-state index contributed by atoms with van der Waals surface area (Å²) in [7, 11) is 0. The van der Waals surface area contributed by atoms with E-state index >= 15 is 0 Å².